The number of sulfonamides is 1. The van der Waals surface area contributed by atoms with Crippen LogP contribution in [0.2, 0.25) is 5.02 Å². The zero-order valence-corrected chi connectivity index (χ0v) is 22.6. The average Bonchev–Trinajstić information content (AvgIpc) is 2.89. The lowest BCUT2D eigenvalue weighted by Gasteiger charge is -2.31. The molecule has 0 aliphatic rings. The molecule has 0 aromatic heterocycles. The highest BCUT2D eigenvalue weighted by Crippen LogP contribution is 2.26. The van der Waals surface area contributed by atoms with Crippen LogP contribution in [0.25, 0.3) is 0 Å². The molecular formula is C28H32ClN3O4S. The van der Waals surface area contributed by atoms with Gasteiger partial charge in [0, 0.05) is 31.1 Å². The van der Waals surface area contributed by atoms with Crippen LogP contribution < -0.4 is 10.0 Å². The third-order valence-electron chi connectivity index (χ3n) is 5.81. The summed E-state index contributed by atoms with van der Waals surface area (Å²) in [6.07, 6.45) is 0.546. The van der Waals surface area contributed by atoms with Crippen LogP contribution in [-0.4, -0.2) is 38.2 Å². The number of benzene rings is 3. The highest BCUT2D eigenvalue weighted by Gasteiger charge is 2.31. The minimum Gasteiger partial charge on any atom is -0.354 e. The Morgan fingerprint density at radius 2 is 1.49 bits per heavy atom. The fraction of sp³-hybridized carbons (Fsp3) is 0.286. The number of halogens is 1. The molecule has 0 bridgehead atoms. The molecule has 0 unspecified atom stereocenters. The van der Waals surface area contributed by atoms with E-state index in [9.17, 15) is 18.0 Å². The van der Waals surface area contributed by atoms with Crippen LogP contribution in [-0.2, 0) is 32.6 Å². The molecule has 3 rings (SSSR count). The monoisotopic (exact) mass is 541 g/mol. The first-order valence-corrected chi connectivity index (χ1v) is 14.1. The second-order valence-corrected chi connectivity index (χ2v) is 10.7. The smallest absolute Gasteiger partial charge is 0.247 e. The van der Waals surface area contributed by atoms with Crippen LogP contribution in [0.5, 0.6) is 0 Å². The third kappa shape index (κ3) is 7.89. The van der Waals surface area contributed by atoms with Crippen LogP contribution in [0.4, 0.5) is 0 Å². The van der Waals surface area contributed by atoms with Gasteiger partial charge in [-0.3, -0.25) is 9.59 Å². The van der Waals surface area contributed by atoms with E-state index in [1.165, 1.54) is 12.1 Å². The number of nitrogens with one attached hydrogen (secondary N) is 2. The predicted molar refractivity (Wildman–Crippen MR) is 145 cm³/mol. The summed E-state index contributed by atoms with van der Waals surface area (Å²) in [7, 11) is -3.55. The van der Waals surface area contributed by atoms with Crippen molar-refractivity contribution in [2.45, 2.75) is 44.2 Å². The molecule has 0 aliphatic heterocycles. The Labute approximate surface area is 223 Å². The average molecular weight is 542 g/mol. The Morgan fingerprint density at radius 3 is 2.08 bits per heavy atom. The maximum absolute atomic E-state index is 13.6. The lowest BCUT2D eigenvalue weighted by atomic mass is 10.0. The first kappa shape index (κ1) is 28.4. The minimum atomic E-state index is -3.55. The highest BCUT2D eigenvalue weighted by atomic mass is 35.5. The van der Waals surface area contributed by atoms with E-state index in [-0.39, 0.29) is 29.7 Å². The van der Waals surface area contributed by atoms with Gasteiger partial charge in [0.15, 0.2) is 0 Å². The molecule has 37 heavy (non-hydrogen) atoms. The van der Waals surface area contributed by atoms with E-state index in [0.29, 0.717) is 30.1 Å². The Bertz CT molecular complexity index is 1280. The van der Waals surface area contributed by atoms with E-state index < -0.39 is 16.1 Å². The summed E-state index contributed by atoms with van der Waals surface area (Å²) < 4.78 is 26.9. The number of hydrogen-bond donors (Lipinski definition) is 2. The van der Waals surface area contributed by atoms with Crippen LogP contribution in [0, 0.1) is 0 Å². The number of carbonyl (C=O) groups is 2. The van der Waals surface area contributed by atoms with E-state index in [1.54, 1.807) is 36.1 Å². The van der Waals surface area contributed by atoms with E-state index in [1.807, 2.05) is 49.4 Å². The van der Waals surface area contributed by atoms with Gasteiger partial charge in [-0.1, -0.05) is 73.1 Å². The number of amides is 2. The fourth-order valence-electron chi connectivity index (χ4n) is 3.99. The van der Waals surface area contributed by atoms with E-state index in [4.69, 9.17) is 11.6 Å². The van der Waals surface area contributed by atoms with Crippen molar-refractivity contribution in [2.24, 2.45) is 0 Å². The molecule has 0 fully saturated rings. The molecule has 0 aliphatic carbocycles. The normalized spacial score (nSPS) is 12.1. The topological polar surface area (TPSA) is 95.6 Å². The van der Waals surface area contributed by atoms with E-state index in [0.717, 1.165) is 11.1 Å². The first-order valence-electron chi connectivity index (χ1n) is 12.2. The molecule has 3 aromatic carbocycles. The van der Waals surface area contributed by atoms with Crippen molar-refractivity contribution in [3.05, 3.63) is 101 Å². The first-order chi connectivity index (χ1) is 17.7. The lowest BCUT2D eigenvalue weighted by Crippen LogP contribution is -2.43. The molecule has 3 aromatic rings. The highest BCUT2D eigenvalue weighted by molar-refractivity contribution is 7.89. The lowest BCUT2D eigenvalue weighted by molar-refractivity contribution is -0.141. The summed E-state index contributed by atoms with van der Waals surface area (Å²) in [5.74, 6) is -0.451. The zero-order chi connectivity index (χ0) is 26.8. The zero-order valence-electron chi connectivity index (χ0n) is 21.0. The molecule has 2 amide bonds. The standard InChI is InChI=1S/C28H32ClN3O4S/c1-3-30-28(34)27(23-8-6-5-7-9-23)32(20-22-10-15-24(29)16-11-22)26(33)19-14-21-12-17-25(18-13-21)37(35,36)31-4-2/h5-13,15-18,27,31H,3-4,14,19-20H2,1-2H3,(H,30,34)/t27-/m0/s1. The molecule has 196 valence electrons. The minimum absolute atomic E-state index is 0.148. The summed E-state index contributed by atoms with van der Waals surface area (Å²) in [5, 5.41) is 3.45. The Balaban J connectivity index is 1.86. The number of likely N-dealkylation sites (N-methyl/N-ethyl adjacent to an activating group) is 1. The van der Waals surface area contributed by atoms with Gasteiger partial charge in [-0.25, -0.2) is 13.1 Å². The molecule has 0 heterocycles. The van der Waals surface area contributed by atoms with Gasteiger partial charge in [-0.05, 0) is 54.3 Å². The van der Waals surface area contributed by atoms with Crippen LogP contribution >= 0.6 is 11.6 Å². The van der Waals surface area contributed by atoms with Gasteiger partial charge in [0.25, 0.3) is 0 Å². The number of rotatable bonds is 12. The molecule has 0 radical (unpaired) electrons. The van der Waals surface area contributed by atoms with Crippen LogP contribution in [0.15, 0.2) is 83.8 Å². The molecule has 1 atom stereocenters. The van der Waals surface area contributed by atoms with Crippen molar-refractivity contribution in [3.63, 3.8) is 0 Å². The molecule has 7 nitrogen and oxygen atoms in total. The van der Waals surface area contributed by atoms with Crippen molar-refractivity contribution in [2.75, 3.05) is 13.1 Å². The van der Waals surface area contributed by atoms with Crippen molar-refractivity contribution in [1.29, 1.82) is 0 Å². The molecular weight excluding hydrogens is 510 g/mol. The Morgan fingerprint density at radius 1 is 0.865 bits per heavy atom. The Hall–Kier alpha value is -3.20. The number of hydrogen-bond acceptors (Lipinski definition) is 4. The van der Waals surface area contributed by atoms with Crippen molar-refractivity contribution < 1.29 is 18.0 Å². The van der Waals surface area contributed by atoms with Crippen molar-refractivity contribution >= 4 is 33.4 Å². The van der Waals surface area contributed by atoms with Gasteiger partial charge in [0.2, 0.25) is 21.8 Å². The van der Waals surface area contributed by atoms with Gasteiger partial charge >= 0.3 is 0 Å². The van der Waals surface area contributed by atoms with Crippen LogP contribution in [0.1, 0.15) is 43.0 Å². The van der Waals surface area contributed by atoms with Gasteiger partial charge in [-0.15, -0.1) is 0 Å². The second-order valence-electron chi connectivity index (χ2n) is 8.50. The summed E-state index contributed by atoms with van der Waals surface area (Å²) in [4.78, 5) is 28.6. The van der Waals surface area contributed by atoms with E-state index in [2.05, 4.69) is 10.0 Å². The second kappa shape index (κ2) is 13.4. The number of carbonyl (C=O) groups excluding carboxylic acids is 2. The molecule has 2 N–H and O–H groups in total. The van der Waals surface area contributed by atoms with Gasteiger partial charge in [-0.2, -0.15) is 0 Å². The molecule has 0 spiro atoms. The fourth-order valence-corrected chi connectivity index (χ4v) is 5.16. The maximum Gasteiger partial charge on any atom is 0.247 e. The maximum atomic E-state index is 13.6. The quantitative estimate of drug-likeness (QED) is 0.353. The summed E-state index contributed by atoms with van der Waals surface area (Å²) in [6.45, 7) is 4.53. The SMILES string of the molecule is CCNC(=O)[C@H](c1ccccc1)N(Cc1ccc(Cl)cc1)C(=O)CCc1ccc(S(=O)(=O)NCC)cc1. The van der Waals surface area contributed by atoms with E-state index >= 15 is 0 Å². The molecule has 0 saturated carbocycles. The third-order valence-corrected chi connectivity index (χ3v) is 7.62. The predicted octanol–water partition coefficient (Wildman–Crippen LogP) is 4.48. The van der Waals surface area contributed by atoms with Crippen LogP contribution in [0.3, 0.4) is 0 Å². The number of aryl methyl sites for hydroxylation is 1. The summed E-state index contributed by atoms with van der Waals surface area (Å²) in [5.41, 5.74) is 2.39. The van der Waals surface area contributed by atoms with Gasteiger partial charge < -0.3 is 10.2 Å². The Kier molecular flexibility index (Phi) is 10.3. The molecule has 9 heteroatoms. The van der Waals surface area contributed by atoms with Gasteiger partial charge in [0.1, 0.15) is 6.04 Å². The molecule has 0 saturated heterocycles. The largest absolute Gasteiger partial charge is 0.354 e. The summed E-state index contributed by atoms with van der Waals surface area (Å²) in [6, 6.07) is 22.1. The van der Waals surface area contributed by atoms with Crippen molar-refractivity contribution in [1.82, 2.24) is 14.9 Å². The van der Waals surface area contributed by atoms with Crippen molar-refractivity contribution in [3.8, 4) is 0 Å². The van der Waals surface area contributed by atoms with Gasteiger partial charge in [0.05, 0.1) is 4.90 Å². The number of nitrogens with zero attached hydrogens (tertiary/aromatic N) is 1. The summed E-state index contributed by atoms with van der Waals surface area (Å²) >= 11 is 6.05.